The lowest BCUT2D eigenvalue weighted by molar-refractivity contribution is -0.143. The number of rotatable bonds is 4. The molecular weight excluding hydrogens is 474 g/mol. The van der Waals surface area contributed by atoms with Gasteiger partial charge in [-0.25, -0.2) is 14.5 Å². The van der Waals surface area contributed by atoms with Crippen molar-refractivity contribution in [3.05, 3.63) is 58.9 Å². The van der Waals surface area contributed by atoms with Crippen LogP contribution < -0.4 is 10.6 Å². The lowest BCUT2D eigenvalue weighted by Crippen LogP contribution is -2.48. The van der Waals surface area contributed by atoms with Crippen molar-refractivity contribution in [2.75, 3.05) is 18.9 Å². The summed E-state index contributed by atoms with van der Waals surface area (Å²) in [7, 11) is 1.53. The number of fused-ring (bicyclic) bond motifs is 3. The standard InChI is InChI=1S/C27H29N5O5/c1-28-25(35)30-19-7-8-20-18(13-19)10-11-27(20)24(34)32(26(36)37-27)15-23(33)31-14-21-16(3-2-12-29-21)6-9-22(31)17-4-5-17/h2-3,7-8,12-13,17,22H,4-6,9-11,14-15H2,1H3,(H2,28,30,35)/t22-,27+/m0/s1. The molecule has 2 N–H and O–H groups in total. The smallest absolute Gasteiger partial charge is 0.418 e. The normalized spacial score (nSPS) is 24.4. The summed E-state index contributed by atoms with van der Waals surface area (Å²) in [6.07, 6.45) is 5.61. The van der Waals surface area contributed by atoms with E-state index >= 15 is 0 Å². The average Bonchev–Trinajstić information content (AvgIpc) is 3.66. The molecule has 0 bridgehead atoms. The number of anilines is 1. The maximum atomic E-state index is 13.6. The zero-order valence-electron chi connectivity index (χ0n) is 20.7. The Morgan fingerprint density at radius 2 is 1.97 bits per heavy atom. The first-order valence-electron chi connectivity index (χ1n) is 12.8. The average molecular weight is 504 g/mol. The highest BCUT2D eigenvalue weighted by Crippen LogP contribution is 2.46. The molecular formula is C27H29N5O5. The maximum Gasteiger partial charge on any atom is 0.418 e. The second kappa shape index (κ2) is 8.86. The van der Waals surface area contributed by atoms with Gasteiger partial charge in [0.05, 0.1) is 12.2 Å². The van der Waals surface area contributed by atoms with E-state index in [0.717, 1.165) is 47.4 Å². The van der Waals surface area contributed by atoms with Crippen molar-refractivity contribution in [3.63, 3.8) is 0 Å². The third-order valence-corrected chi connectivity index (χ3v) is 8.04. The largest absolute Gasteiger partial charge is 0.427 e. The number of carbonyl (C=O) groups excluding carboxylic acids is 4. The van der Waals surface area contributed by atoms with Gasteiger partial charge in [-0.15, -0.1) is 0 Å². The zero-order valence-corrected chi connectivity index (χ0v) is 20.7. The molecule has 10 heteroatoms. The number of ether oxygens (including phenoxy) is 1. The monoisotopic (exact) mass is 503 g/mol. The first kappa shape index (κ1) is 23.4. The molecule has 1 aromatic carbocycles. The molecule has 192 valence electrons. The van der Waals surface area contributed by atoms with E-state index in [2.05, 4.69) is 21.7 Å². The molecule has 2 aromatic rings. The number of urea groups is 1. The van der Waals surface area contributed by atoms with E-state index in [4.69, 9.17) is 4.74 Å². The minimum absolute atomic E-state index is 0.0721. The van der Waals surface area contributed by atoms with Gasteiger partial charge in [0.2, 0.25) is 11.5 Å². The summed E-state index contributed by atoms with van der Waals surface area (Å²) in [5, 5.41) is 5.21. The van der Waals surface area contributed by atoms with Gasteiger partial charge in [0.25, 0.3) is 5.91 Å². The predicted octanol–water partition coefficient (Wildman–Crippen LogP) is 2.71. The number of nitrogens with one attached hydrogen (secondary N) is 2. The second-order valence-electron chi connectivity index (χ2n) is 10.2. The third kappa shape index (κ3) is 4.00. The van der Waals surface area contributed by atoms with Crippen molar-refractivity contribution in [2.24, 2.45) is 5.92 Å². The molecule has 3 heterocycles. The maximum absolute atomic E-state index is 13.6. The molecule has 0 radical (unpaired) electrons. The number of amides is 5. The second-order valence-corrected chi connectivity index (χ2v) is 10.2. The third-order valence-electron chi connectivity index (χ3n) is 8.04. The van der Waals surface area contributed by atoms with Crippen molar-refractivity contribution < 1.29 is 23.9 Å². The van der Waals surface area contributed by atoms with Gasteiger partial charge in [-0.1, -0.05) is 12.1 Å². The summed E-state index contributed by atoms with van der Waals surface area (Å²) in [6.45, 7) is 0.0266. The molecule has 2 fully saturated rings. The summed E-state index contributed by atoms with van der Waals surface area (Å²) in [5.41, 5.74) is 2.60. The number of hydrogen-bond acceptors (Lipinski definition) is 6. The van der Waals surface area contributed by atoms with Crippen molar-refractivity contribution in [1.29, 1.82) is 0 Å². The molecule has 1 saturated heterocycles. The molecule has 6 rings (SSSR count). The van der Waals surface area contributed by atoms with Crippen LogP contribution in [0, 0.1) is 5.92 Å². The van der Waals surface area contributed by atoms with Crippen molar-refractivity contribution in [3.8, 4) is 0 Å². The van der Waals surface area contributed by atoms with E-state index < -0.39 is 17.6 Å². The van der Waals surface area contributed by atoms with Gasteiger partial charge in [0, 0.05) is 37.0 Å². The Morgan fingerprint density at radius 1 is 1.14 bits per heavy atom. The Hall–Kier alpha value is -3.95. The topological polar surface area (TPSA) is 121 Å². The van der Waals surface area contributed by atoms with Gasteiger partial charge in [0.15, 0.2) is 0 Å². The number of benzene rings is 1. The van der Waals surface area contributed by atoms with Gasteiger partial charge in [-0.2, -0.15) is 0 Å². The fourth-order valence-electron chi connectivity index (χ4n) is 5.97. The van der Waals surface area contributed by atoms with Crippen LogP contribution in [0.3, 0.4) is 0 Å². The van der Waals surface area contributed by atoms with Crippen LogP contribution in [0.2, 0.25) is 0 Å². The molecule has 10 nitrogen and oxygen atoms in total. The van der Waals surface area contributed by atoms with E-state index in [1.54, 1.807) is 24.4 Å². The van der Waals surface area contributed by atoms with E-state index in [0.29, 0.717) is 36.6 Å². The van der Waals surface area contributed by atoms with E-state index in [9.17, 15) is 19.2 Å². The highest BCUT2D eigenvalue weighted by molar-refractivity contribution is 6.06. The van der Waals surface area contributed by atoms with Crippen molar-refractivity contribution >= 4 is 29.6 Å². The first-order valence-corrected chi connectivity index (χ1v) is 12.8. The highest BCUT2D eigenvalue weighted by atomic mass is 16.6. The Bertz CT molecular complexity index is 1310. The number of aryl methyl sites for hydroxylation is 2. The molecule has 1 aromatic heterocycles. The number of hydrogen-bond donors (Lipinski definition) is 2. The van der Waals surface area contributed by atoms with Crippen LogP contribution in [0.1, 0.15) is 48.1 Å². The molecule has 0 unspecified atom stereocenters. The molecule has 5 amide bonds. The van der Waals surface area contributed by atoms with Crippen molar-refractivity contribution in [1.82, 2.24) is 20.1 Å². The fraction of sp³-hybridized carbons (Fsp3) is 0.444. The fourth-order valence-corrected chi connectivity index (χ4v) is 5.97. The summed E-state index contributed by atoms with van der Waals surface area (Å²) < 4.78 is 5.71. The molecule has 2 aliphatic heterocycles. The van der Waals surface area contributed by atoms with Crippen LogP contribution in [0.5, 0.6) is 0 Å². The van der Waals surface area contributed by atoms with Gasteiger partial charge >= 0.3 is 12.1 Å². The quantitative estimate of drug-likeness (QED) is 0.662. The van der Waals surface area contributed by atoms with Crippen LogP contribution in [0.4, 0.5) is 15.3 Å². The van der Waals surface area contributed by atoms with Crippen LogP contribution in [-0.2, 0) is 39.3 Å². The summed E-state index contributed by atoms with van der Waals surface area (Å²) >= 11 is 0. The predicted molar refractivity (Wildman–Crippen MR) is 132 cm³/mol. The van der Waals surface area contributed by atoms with E-state index in [-0.39, 0.29) is 24.5 Å². The minimum atomic E-state index is -1.43. The van der Waals surface area contributed by atoms with Gasteiger partial charge in [-0.05, 0) is 67.3 Å². The highest BCUT2D eigenvalue weighted by Gasteiger charge is 2.58. The van der Waals surface area contributed by atoms with Crippen LogP contribution in [0.25, 0.3) is 0 Å². The number of imide groups is 1. The van der Waals surface area contributed by atoms with E-state index in [1.165, 1.54) is 7.05 Å². The lowest BCUT2D eigenvalue weighted by atomic mass is 9.94. The first-order chi connectivity index (χ1) is 17.9. The number of pyridine rings is 1. The summed E-state index contributed by atoms with van der Waals surface area (Å²) in [5.74, 6) is -0.320. The molecule has 1 saturated carbocycles. The van der Waals surface area contributed by atoms with Crippen LogP contribution in [0.15, 0.2) is 36.5 Å². The SMILES string of the molecule is CNC(=O)Nc1ccc2c(c1)CC[C@@]21OC(=O)N(CC(=O)N2Cc3ncccc3CC[C@H]2C2CC2)C1=O. The van der Waals surface area contributed by atoms with Crippen LogP contribution in [-0.4, -0.2) is 58.4 Å². The number of carbonyl (C=O) groups is 4. The van der Waals surface area contributed by atoms with Crippen molar-refractivity contribution in [2.45, 2.75) is 56.7 Å². The lowest BCUT2D eigenvalue weighted by Gasteiger charge is -2.31. The summed E-state index contributed by atoms with van der Waals surface area (Å²) in [4.78, 5) is 59.2. The molecule has 4 aliphatic rings. The molecule has 37 heavy (non-hydrogen) atoms. The van der Waals surface area contributed by atoms with E-state index in [1.807, 2.05) is 11.0 Å². The minimum Gasteiger partial charge on any atom is -0.427 e. The summed E-state index contributed by atoms with van der Waals surface area (Å²) in [6, 6.07) is 8.87. The Labute approximate surface area is 214 Å². The van der Waals surface area contributed by atoms with Gasteiger partial charge in [-0.3, -0.25) is 14.6 Å². The molecule has 2 aliphatic carbocycles. The zero-order chi connectivity index (χ0) is 25.7. The Balaban J connectivity index is 1.23. The molecule has 2 atom stereocenters. The van der Waals surface area contributed by atoms with Crippen LogP contribution >= 0.6 is 0 Å². The Morgan fingerprint density at radius 3 is 2.76 bits per heavy atom. The Kier molecular flexibility index (Phi) is 5.62. The van der Waals surface area contributed by atoms with Gasteiger partial charge < -0.3 is 20.3 Å². The van der Waals surface area contributed by atoms with Gasteiger partial charge in [0.1, 0.15) is 6.54 Å². The number of nitrogens with zero attached hydrogens (tertiary/aromatic N) is 3. The molecule has 1 spiro atoms. The number of aromatic nitrogens is 1.